The molecule has 0 saturated carbocycles. The summed E-state index contributed by atoms with van der Waals surface area (Å²) in [4.78, 5) is 29.3. The summed E-state index contributed by atoms with van der Waals surface area (Å²) < 4.78 is 32.3. The van der Waals surface area contributed by atoms with Gasteiger partial charge in [0.05, 0.1) is 28.6 Å². The number of sulfonamides is 1. The smallest absolute Gasteiger partial charge is 0.338 e. The van der Waals surface area contributed by atoms with Crippen LogP contribution in [0, 0.1) is 5.92 Å². The summed E-state index contributed by atoms with van der Waals surface area (Å²) >= 11 is 1.33. The molecule has 3 rings (SSSR count). The van der Waals surface area contributed by atoms with E-state index in [0.717, 1.165) is 10.2 Å². The van der Waals surface area contributed by atoms with E-state index >= 15 is 0 Å². The molecule has 10 heteroatoms. The fourth-order valence-electron chi connectivity index (χ4n) is 3.20. The van der Waals surface area contributed by atoms with Gasteiger partial charge < -0.3 is 9.30 Å². The monoisotopic (exact) mass is 425 g/mol. The molecule has 0 atom stereocenters. The number of carbonyl (C=O) groups excluding carboxylic acids is 2. The molecule has 1 saturated heterocycles. The molecular weight excluding hydrogens is 402 g/mol. The summed E-state index contributed by atoms with van der Waals surface area (Å²) in [6.45, 7) is 2.74. The van der Waals surface area contributed by atoms with E-state index in [0.29, 0.717) is 42.9 Å². The number of rotatable bonds is 4. The Morgan fingerprint density at radius 2 is 1.96 bits per heavy atom. The van der Waals surface area contributed by atoms with Crippen molar-refractivity contribution in [2.45, 2.75) is 19.8 Å². The molecule has 28 heavy (non-hydrogen) atoms. The van der Waals surface area contributed by atoms with Crippen LogP contribution in [0.25, 0.3) is 10.2 Å². The van der Waals surface area contributed by atoms with Crippen LogP contribution >= 0.6 is 11.3 Å². The molecule has 0 N–H and O–H groups in total. The van der Waals surface area contributed by atoms with E-state index < -0.39 is 10.0 Å². The molecule has 152 valence electrons. The summed E-state index contributed by atoms with van der Waals surface area (Å²) in [6.07, 6.45) is 2.12. The summed E-state index contributed by atoms with van der Waals surface area (Å²) in [5.41, 5.74) is 1.33. The predicted molar refractivity (Wildman–Crippen MR) is 106 cm³/mol. The van der Waals surface area contributed by atoms with Gasteiger partial charge in [-0.25, -0.2) is 17.5 Å². The Morgan fingerprint density at radius 1 is 1.29 bits per heavy atom. The zero-order valence-electron chi connectivity index (χ0n) is 16.0. The van der Waals surface area contributed by atoms with Crippen LogP contribution in [0.2, 0.25) is 0 Å². The molecule has 1 aliphatic rings. The minimum absolute atomic E-state index is 0.235. The van der Waals surface area contributed by atoms with Crippen LogP contribution in [0.15, 0.2) is 23.2 Å². The molecule has 8 nitrogen and oxygen atoms in total. The third kappa shape index (κ3) is 4.34. The van der Waals surface area contributed by atoms with Gasteiger partial charge in [-0.1, -0.05) is 11.3 Å². The summed E-state index contributed by atoms with van der Waals surface area (Å²) in [5.74, 6) is -0.896. The minimum atomic E-state index is -3.22. The number of nitrogens with zero attached hydrogens (tertiary/aromatic N) is 3. The number of amides is 1. The van der Waals surface area contributed by atoms with Gasteiger partial charge >= 0.3 is 5.97 Å². The lowest BCUT2D eigenvalue weighted by molar-refractivity contribution is -0.122. The molecular formula is C18H23N3O5S2. The van der Waals surface area contributed by atoms with Crippen molar-refractivity contribution < 1.29 is 22.7 Å². The van der Waals surface area contributed by atoms with Gasteiger partial charge in [0, 0.05) is 26.1 Å². The lowest BCUT2D eigenvalue weighted by Crippen LogP contribution is -2.39. The maximum atomic E-state index is 12.6. The molecule has 1 aliphatic heterocycles. The van der Waals surface area contributed by atoms with E-state index in [-0.39, 0.29) is 17.8 Å². The first-order valence-corrected chi connectivity index (χ1v) is 11.7. The number of ether oxygens (including phenoxy) is 1. The van der Waals surface area contributed by atoms with Crippen LogP contribution in [0.4, 0.5) is 0 Å². The van der Waals surface area contributed by atoms with E-state index in [4.69, 9.17) is 4.74 Å². The summed E-state index contributed by atoms with van der Waals surface area (Å²) in [7, 11) is -1.40. The van der Waals surface area contributed by atoms with Crippen molar-refractivity contribution in [3.63, 3.8) is 0 Å². The Kier molecular flexibility index (Phi) is 6.01. The Hall–Kier alpha value is -2.04. The van der Waals surface area contributed by atoms with Gasteiger partial charge in [0.15, 0.2) is 4.80 Å². The third-order valence-corrected chi connectivity index (χ3v) is 7.20. The molecule has 1 aromatic heterocycles. The highest BCUT2D eigenvalue weighted by Gasteiger charge is 2.28. The lowest BCUT2D eigenvalue weighted by atomic mass is 9.98. The maximum Gasteiger partial charge on any atom is 0.338 e. The van der Waals surface area contributed by atoms with Crippen LogP contribution < -0.4 is 4.80 Å². The first-order chi connectivity index (χ1) is 13.2. The molecule has 1 aromatic carbocycles. The van der Waals surface area contributed by atoms with E-state index in [2.05, 4.69) is 4.99 Å². The number of hydrogen-bond acceptors (Lipinski definition) is 6. The van der Waals surface area contributed by atoms with Crippen molar-refractivity contribution >= 4 is 43.5 Å². The number of thiazole rings is 1. The number of benzene rings is 1. The second-order valence-electron chi connectivity index (χ2n) is 6.73. The van der Waals surface area contributed by atoms with E-state index in [1.807, 2.05) is 17.7 Å². The number of carbonyl (C=O) groups is 2. The molecule has 0 radical (unpaired) electrons. The molecule has 0 bridgehead atoms. The third-order valence-electron chi connectivity index (χ3n) is 4.80. The lowest BCUT2D eigenvalue weighted by Gasteiger charge is -2.28. The molecule has 1 amide bonds. The highest BCUT2D eigenvalue weighted by atomic mass is 32.2. The standard InChI is InChI=1S/C18H23N3O5S2/c1-4-26-17(23)13-5-6-14-15(11-13)27-18(20(14)2)19-16(22)12-7-9-21(10-8-12)28(3,24)25/h5-6,11-12H,4,7-10H2,1-3H3. The fraction of sp³-hybridized carbons (Fsp3) is 0.500. The minimum Gasteiger partial charge on any atom is -0.462 e. The van der Waals surface area contributed by atoms with Crippen LogP contribution in [-0.2, 0) is 26.6 Å². The second kappa shape index (κ2) is 8.14. The quantitative estimate of drug-likeness (QED) is 0.692. The highest BCUT2D eigenvalue weighted by Crippen LogP contribution is 2.22. The Labute approximate surface area is 167 Å². The van der Waals surface area contributed by atoms with Crippen molar-refractivity contribution in [3.8, 4) is 0 Å². The summed E-state index contributed by atoms with van der Waals surface area (Å²) in [6, 6.07) is 5.25. The normalized spacial score (nSPS) is 17.2. The molecule has 2 aromatic rings. The van der Waals surface area contributed by atoms with Crippen molar-refractivity contribution in [1.82, 2.24) is 8.87 Å². The van der Waals surface area contributed by atoms with Crippen molar-refractivity contribution in [2.75, 3.05) is 26.0 Å². The molecule has 0 spiro atoms. The van der Waals surface area contributed by atoms with Gasteiger partial charge in [0.25, 0.3) is 5.91 Å². The molecule has 0 unspecified atom stereocenters. The van der Waals surface area contributed by atoms with Gasteiger partial charge in [-0.05, 0) is 38.0 Å². The molecule has 1 fully saturated rings. The van der Waals surface area contributed by atoms with Crippen LogP contribution in [0.1, 0.15) is 30.1 Å². The Bertz CT molecular complexity index is 1080. The number of aryl methyl sites for hydroxylation is 1. The van der Waals surface area contributed by atoms with Gasteiger partial charge in [-0.3, -0.25) is 4.79 Å². The van der Waals surface area contributed by atoms with Gasteiger partial charge in [0.1, 0.15) is 0 Å². The second-order valence-corrected chi connectivity index (χ2v) is 9.72. The molecule has 2 heterocycles. The zero-order chi connectivity index (χ0) is 20.5. The average Bonchev–Trinajstić information content (AvgIpc) is 2.96. The van der Waals surface area contributed by atoms with Crippen LogP contribution in [0.3, 0.4) is 0 Å². The number of esters is 1. The predicted octanol–water partition coefficient (Wildman–Crippen LogP) is 1.52. The van der Waals surface area contributed by atoms with Gasteiger partial charge in [-0.15, -0.1) is 0 Å². The van der Waals surface area contributed by atoms with E-state index in [9.17, 15) is 18.0 Å². The maximum absolute atomic E-state index is 12.6. The largest absolute Gasteiger partial charge is 0.462 e. The van der Waals surface area contributed by atoms with Crippen LogP contribution in [0.5, 0.6) is 0 Å². The number of piperidine rings is 1. The average molecular weight is 426 g/mol. The zero-order valence-corrected chi connectivity index (χ0v) is 17.7. The Balaban J connectivity index is 1.83. The number of fused-ring (bicyclic) bond motifs is 1. The topological polar surface area (TPSA) is 98.0 Å². The fourth-order valence-corrected chi connectivity index (χ4v) is 5.14. The van der Waals surface area contributed by atoms with Crippen molar-refractivity contribution in [1.29, 1.82) is 0 Å². The van der Waals surface area contributed by atoms with Gasteiger partial charge in [0.2, 0.25) is 10.0 Å². The SMILES string of the molecule is CCOC(=O)c1ccc2c(c1)sc(=NC(=O)C1CCN(S(C)(=O)=O)CC1)n2C. The first kappa shape index (κ1) is 20.7. The van der Waals surface area contributed by atoms with E-state index in [1.165, 1.54) is 21.9 Å². The highest BCUT2D eigenvalue weighted by molar-refractivity contribution is 7.88. The number of hydrogen-bond donors (Lipinski definition) is 0. The Morgan fingerprint density at radius 3 is 2.57 bits per heavy atom. The van der Waals surface area contributed by atoms with E-state index in [1.54, 1.807) is 19.1 Å². The summed E-state index contributed by atoms with van der Waals surface area (Å²) in [5, 5.41) is 0. The molecule has 0 aliphatic carbocycles. The van der Waals surface area contributed by atoms with Crippen LogP contribution in [-0.4, -0.2) is 55.1 Å². The van der Waals surface area contributed by atoms with Crippen molar-refractivity contribution in [3.05, 3.63) is 28.6 Å². The van der Waals surface area contributed by atoms with Crippen molar-refractivity contribution in [2.24, 2.45) is 18.0 Å². The first-order valence-electron chi connectivity index (χ1n) is 9.01. The van der Waals surface area contributed by atoms with Gasteiger partial charge in [-0.2, -0.15) is 4.99 Å². The number of aromatic nitrogens is 1.